The zero-order chi connectivity index (χ0) is 36.0. The Morgan fingerprint density at radius 1 is 0.490 bits per heavy atom. The summed E-state index contributed by atoms with van der Waals surface area (Å²) in [5.74, 6) is 5.09. The van der Waals surface area contributed by atoms with Crippen molar-refractivity contribution in [2.75, 3.05) is 53.5 Å². The van der Waals surface area contributed by atoms with Crippen LogP contribution in [0.15, 0.2) is 0 Å². The Morgan fingerprint density at radius 3 is 1.27 bits per heavy atom. The average Bonchev–Trinajstić information content (AvgIpc) is 3.09. The van der Waals surface area contributed by atoms with Crippen LogP contribution in [0.1, 0.15) is 162 Å². The van der Waals surface area contributed by atoms with Gasteiger partial charge in [0.2, 0.25) is 0 Å². The van der Waals surface area contributed by atoms with E-state index < -0.39 is 12.2 Å². The molecule has 0 spiro atoms. The van der Waals surface area contributed by atoms with Crippen LogP contribution in [-0.4, -0.2) is 93.1 Å². The summed E-state index contributed by atoms with van der Waals surface area (Å²) in [6.07, 6.45) is 26.2. The van der Waals surface area contributed by atoms with Gasteiger partial charge >= 0.3 is 11.9 Å². The summed E-state index contributed by atoms with van der Waals surface area (Å²) < 4.78 is 10.5. The first-order valence-corrected chi connectivity index (χ1v) is 24.4. The van der Waals surface area contributed by atoms with Crippen molar-refractivity contribution in [3.8, 4) is 0 Å². The van der Waals surface area contributed by atoms with E-state index in [1.165, 1.54) is 128 Å². The molecule has 3 unspecified atom stereocenters. The van der Waals surface area contributed by atoms with Gasteiger partial charge in [-0.2, -0.15) is 47.0 Å². The average molecular weight is 769 g/mol. The van der Waals surface area contributed by atoms with Gasteiger partial charge in [0, 0.05) is 34.0 Å². The molecule has 0 bridgehead atoms. The molecule has 6 nitrogen and oxygen atoms in total. The fraction of sp³-hybridized carbons (Fsp3) is 0.949. The maximum absolute atomic E-state index is 12.0. The minimum Gasteiger partial charge on any atom is -0.463 e. The second-order valence-electron chi connectivity index (χ2n) is 13.4. The molecule has 0 radical (unpaired) electrons. The molecule has 0 aliphatic heterocycles. The fourth-order valence-corrected chi connectivity index (χ4v) is 9.21. The maximum Gasteiger partial charge on any atom is 0.306 e. The summed E-state index contributed by atoms with van der Waals surface area (Å²) >= 11 is 6.88. The van der Waals surface area contributed by atoms with E-state index in [0.29, 0.717) is 24.3 Å². The van der Waals surface area contributed by atoms with Crippen molar-refractivity contribution in [2.24, 2.45) is 0 Å². The van der Waals surface area contributed by atoms with Crippen molar-refractivity contribution in [1.29, 1.82) is 0 Å². The normalized spacial score (nSPS) is 13.3. The van der Waals surface area contributed by atoms with E-state index in [0.717, 1.165) is 28.8 Å². The Labute approximate surface area is 319 Å². The van der Waals surface area contributed by atoms with Gasteiger partial charge < -0.3 is 19.7 Å². The SMILES string of the molecule is CCCCCCCCCCCCSCCC(=O)OCC(O)CSCC(C)SCC(O)COC(=O)CCSCCCCCCCCCCCC. The number of aliphatic hydroxyl groups is 2. The molecule has 0 saturated carbocycles. The number of esters is 2. The van der Waals surface area contributed by atoms with Crippen LogP contribution in [0.5, 0.6) is 0 Å². The summed E-state index contributed by atoms with van der Waals surface area (Å²) in [6.45, 7) is 6.68. The summed E-state index contributed by atoms with van der Waals surface area (Å²) in [7, 11) is 0. The lowest BCUT2D eigenvalue weighted by atomic mass is 10.1. The number of hydrogen-bond donors (Lipinski definition) is 2. The molecule has 0 aromatic heterocycles. The van der Waals surface area contributed by atoms with Crippen LogP contribution >= 0.6 is 47.0 Å². The lowest BCUT2D eigenvalue weighted by Crippen LogP contribution is -2.23. The van der Waals surface area contributed by atoms with Crippen LogP contribution < -0.4 is 0 Å². The van der Waals surface area contributed by atoms with Crippen molar-refractivity contribution in [3.63, 3.8) is 0 Å². The summed E-state index contributed by atoms with van der Waals surface area (Å²) in [6, 6.07) is 0. The highest BCUT2D eigenvalue weighted by Gasteiger charge is 2.14. The molecule has 292 valence electrons. The van der Waals surface area contributed by atoms with Gasteiger partial charge in [-0.1, -0.05) is 136 Å². The first-order valence-electron chi connectivity index (χ1n) is 19.9. The highest BCUT2D eigenvalue weighted by Crippen LogP contribution is 2.19. The summed E-state index contributed by atoms with van der Waals surface area (Å²) in [5, 5.41) is 20.7. The van der Waals surface area contributed by atoms with Gasteiger partial charge in [-0.3, -0.25) is 9.59 Å². The molecule has 2 N–H and O–H groups in total. The molecular weight excluding hydrogens is 693 g/mol. The molecule has 3 atom stereocenters. The third-order valence-electron chi connectivity index (χ3n) is 8.29. The predicted octanol–water partition coefficient (Wildman–Crippen LogP) is 10.7. The van der Waals surface area contributed by atoms with Gasteiger partial charge in [0.05, 0.1) is 25.0 Å². The Bertz CT molecular complexity index is 717. The molecular formula is C39H76O6S4. The van der Waals surface area contributed by atoms with Crippen LogP contribution in [0.3, 0.4) is 0 Å². The number of hydrogen-bond acceptors (Lipinski definition) is 10. The van der Waals surface area contributed by atoms with Gasteiger partial charge in [0.25, 0.3) is 0 Å². The van der Waals surface area contributed by atoms with E-state index in [1.54, 1.807) is 23.5 Å². The Balaban J connectivity index is 3.55. The number of aliphatic hydroxyl groups excluding tert-OH is 2. The van der Waals surface area contributed by atoms with Gasteiger partial charge in [0.1, 0.15) is 13.2 Å². The quantitative estimate of drug-likeness (QED) is 0.0465. The zero-order valence-electron chi connectivity index (χ0n) is 31.8. The monoisotopic (exact) mass is 768 g/mol. The lowest BCUT2D eigenvalue weighted by Gasteiger charge is -2.16. The molecule has 0 heterocycles. The van der Waals surface area contributed by atoms with Gasteiger partial charge in [-0.05, 0) is 24.3 Å². The number of carbonyl (C=O) groups excluding carboxylic acids is 2. The molecule has 0 aliphatic rings. The smallest absolute Gasteiger partial charge is 0.306 e. The summed E-state index contributed by atoms with van der Waals surface area (Å²) in [5.41, 5.74) is 0. The Hall–Kier alpha value is 0.260. The zero-order valence-corrected chi connectivity index (χ0v) is 35.1. The van der Waals surface area contributed by atoms with E-state index in [4.69, 9.17) is 9.47 Å². The van der Waals surface area contributed by atoms with Gasteiger partial charge in [-0.15, -0.1) is 0 Å². The molecule has 0 saturated heterocycles. The first-order chi connectivity index (χ1) is 23.9. The molecule has 49 heavy (non-hydrogen) atoms. The fourth-order valence-electron chi connectivity index (χ4n) is 5.21. The maximum atomic E-state index is 12.0. The lowest BCUT2D eigenvalue weighted by molar-refractivity contribution is -0.146. The number of rotatable bonds is 39. The molecule has 0 amide bonds. The standard InChI is InChI=1S/C39H76O6S4/c1-4-6-8-10-12-14-16-18-20-22-26-46-28-24-38(42)44-30-36(40)33-48-32-35(3)49-34-37(41)31-45-39(43)25-29-47-27-23-21-19-17-15-13-11-9-7-5-2/h35-37,40-41H,4-34H2,1-3H3. The number of thioether (sulfide) groups is 4. The second kappa shape index (κ2) is 39.5. The molecule has 10 heteroatoms. The van der Waals surface area contributed by atoms with Gasteiger partial charge in [0.15, 0.2) is 0 Å². The van der Waals surface area contributed by atoms with Crippen LogP contribution in [0.2, 0.25) is 0 Å². The second-order valence-corrected chi connectivity index (χ2v) is 18.4. The van der Waals surface area contributed by atoms with Gasteiger partial charge in [-0.25, -0.2) is 0 Å². The molecule has 0 aromatic carbocycles. The van der Waals surface area contributed by atoms with E-state index in [-0.39, 0.29) is 30.4 Å². The molecule has 0 fully saturated rings. The van der Waals surface area contributed by atoms with Crippen LogP contribution in [0.4, 0.5) is 0 Å². The predicted molar refractivity (Wildman–Crippen MR) is 221 cm³/mol. The minimum atomic E-state index is -0.682. The topological polar surface area (TPSA) is 93.1 Å². The third-order valence-corrected chi connectivity index (χ3v) is 13.3. The molecule has 0 rings (SSSR count). The van der Waals surface area contributed by atoms with E-state index in [2.05, 4.69) is 20.8 Å². The first kappa shape index (κ1) is 49.3. The highest BCUT2D eigenvalue weighted by molar-refractivity contribution is 8.03. The van der Waals surface area contributed by atoms with Crippen molar-refractivity contribution < 1.29 is 29.3 Å². The van der Waals surface area contributed by atoms with Crippen molar-refractivity contribution in [1.82, 2.24) is 0 Å². The van der Waals surface area contributed by atoms with Crippen molar-refractivity contribution >= 4 is 59.0 Å². The number of unbranched alkanes of at least 4 members (excludes halogenated alkanes) is 18. The number of carbonyl (C=O) groups is 2. The van der Waals surface area contributed by atoms with Crippen LogP contribution in [-0.2, 0) is 19.1 Å². The Morgan fingerprint density at radius 2 is 0.857 bits per heavy atom. The van der Waals surface area contributed by atoms with Crippen molar-refractivity contribution in [3.05, 3.63) is 0 Å². The third kappa shape index (κ3) is 39.3. The van der Waals surface area contributed by atoms with Crippen molar-refractivity contribution in [2.45, 2.75) is 179 Å². The number of ether oxygens (including phenoxy) is 2. The largest absolute Gasteiger partial charge is 0.463 e. The van der Waals surface area contributed by atoms with E-state index in [9.17, 15) is 19.8 Å². The van der Waals surface area contributed by atoms with E-state index in [1.807, 2.05) is 23.5 Å². The highest BCUT2D eigenvalue weighted by atomic mass is 32.2. The molecule has 0 aromatic rings. The summed E-state index contributed by atoms with van der Waals surface area (Å²) in [4.78, 5) is 24.0. The minimum absolute atomic E-state index is 0.0384. The van der Waals surface area contributed by atoms with Crippen LogP contribution in [0, 0.1) is 0 Å². The van der Waals surface area contributed by atoms with Crippen LogP contribution in [0.25, 0.3) is 0 Å². The molecule has 0 aliphatic carbocycles. The van der Waals surface area contributed by atoms with E-state index >= 15 is 0 Å². The Kier molecular flexibility index (Phi) is 39.7.